The molecular weight excluding hydrogens is 244 g/mol. The molecule has 5 nitrogen and oxygen atoms in total. The van der Waals surface area contributed by atoms with Crippen molar-refractivity contribution in [3.05, 3.63) is 35.0 Å². The second-order valence-electron chi connectivity index (χ2n) is 4.81. The average molecular weight is 258 g/mol. The van der Waals surface area contributed by atoms with Crippen molar-refractivity contribution in [2.24, 2.45) is 0 Å². The molecule has 2 aromatic rings. The molecule has 0 saturated heterocycles. The fourth-order valence-electron chi connectivity index (χ4n) is 2.79. The van der Waals surface area contributed by atoms with E-state index >= 15 is 0 Å². The zero-order chi connectivity index (χ0) is 13.6. The minimum Gasteiger partial charge on any atom is -0.508 e. The molecule has 3 N–H and O–H groups in total. The highest BCUT2D eigenvalue weighted by molar-refractivity contribution is 5.90. The molecular formula is C14H14N2O3. The van der Waals surface area contributed by atoms with Crippen molar-refractivity contribution in [2.75, 3.05) is 0 Å². The van der Waals surface area contributed by atoms with E-state index in [4.69, 9.17) is 5.11 Å². The van der Waals surface area contributed by atoms with Crippen LogP contribution in [0.5, 0.6) is 5.75 Å². The summed E-state index contributed by atoms with van der Waals surface area (Å²) < 4.78 is 0. The van der Waals surface area contributed by atoms with Crippen molar-refractivity contribution in [1.29, 1.82) is 0 Å². The summed E-state index contributed by atoms with van der Waals surface area (Å²) in [5, 5.41) is 25.5. The van der Waals surface area contributed by atoms with Crippen LogP contribution in [0, 0.1) is 0 Å². The minimum atomic E-state index is -0.981. The van der Waals surface area contributed by atoms with Crippen LogP contribution in [0.3, 0.4) is 0 Å². The van der Waals surface area contributed by atoms with Crippen LogP contribution in [-0.2, 0) is 6.42 Å². The molecule has 1 aromatic heterocycles. The third-order valence-corrected chi connectivity index (χ3v) is 3.75. The van der Waals surface area contributed by atoms with Crippen molar-refractivity contribution in [3.8, 4) is 17.0 Å². The maximum absolute atomic E-state index is 11.2. The van der Waals surface area contributed by atoms with Crippen molar-refractivity contribution < 1.29 is 15.0 Å². The van der Waals surface area contributed by atoms with Gasteiger partial charge in [0.2, 0.25) is 0 Å². The van der Waals surface area contributed by atoms with E-state index in [1.807, 2.05) is 0 Å². The van der Waals surface area contributed by atoms with E-state index in [0.29, 0.717) is 12.1 Å². The lowest BCUT2D eigenvalue weighted by molar-refractivity contribution is 0.0689. The van der Waals surface area contributed by atoms with Crippen LogP contribution >= 0.6 is 0 Å². The number of carbonyl (C=O) groups is 1. The van der Waals surface area contributed by atoms with E-state index in [-0.39, 0.29) is 17.4 Å². The number of benzene rings is 1. The normalized spacial score (nSPS) is 16.8. The second kappa shape index (κ2) is 4.12. The van der Waals surface area contributed by atoms with Gasteiger partial charge in [0.05, 0.1) is 5.69 Å². The first-order valence-electron chi connectivity index (χ1n) is 6.25. The van der Waals surface area contributed by atoms with Gasteiger partial charge in [-0.25, -0.2) is 4.79 Å². The molecule has 1 aromatic carbocycles. The largest absolute Gasteiger partial charge is 0.508 e. The Balaban J connectivity index is 2.23. The number of aromatic nitrogens is 2. The van der Waals surface area contributed by atoms with Crippen LogP contribution in [0.15, 0.2) is 18.2 Å². The summed E-state index contributed by atoms with van der Waals surface area (Å²) in [4.78, 5) is 11.2. The highest BCUT2D eigenvalue weighted by Gasteiger charge is 2.30. The van der Waals surface area contributed by atoms with E-state index in [1.165, 1.54) is 0 Å². The zero-order valence-corrected chi connectivity index (χ0v) is 10.5. The average Bonchev–Trinajstić information content (AvgIpc) is 2.81. The van der Waals surface area contributed by atoms with Crippen molar-refractivity contribution in [2.45, 2.75) is 25.7 Å². The van der Waals surface area contributed by atoms with Gasteiger partial charge in [-0.1, -0.05) is 6.92 Å². The number of rotatable bonds is 2. The Morgan fingerprint density at radius 2 is 2.32 bits per heavy atom. The van der Waals surface area contributed by atoms with E-state index in [2.05, 4.69) is 17.1 Å². The summed E-state index contributed by atoms with van der Waals surface area (Å²) in [6.07, 6.45) is 1.53. The molecule has 98 valence electrons. The summed E-state index contributed by atoms with van der Waals surface area (Å²) in [5.41, 5.74) is 3.58. The highest BCUT2D eigenvalue weighted by atomic mass is 16.4. The number of hydrogen-bond donors (Lipinski definition) is 3. The molecule has 1 atom stereocenters. The number of aromatic amines is 1. The molecule has 19 heavy (non-hydrogen) atoms. The molecule has 5 heteroatoms. The number of aromatic hydroxyl groups is 1. The molecule has 0 saturated carbocycles. The van der Waals surface area contributed by atoms with Crippen molar-refractivity contribution in [1.82, 2.24) is 10.2 Å². The van der Waals surface area contributed by atoms with Gasteiger partial charge in [-0.2, -0.15) is 5.10 Å². The molecule has 1 aliphatic rings. The third-order valence-electron chi connectivity index (χ3n) is 3.75. The first kappa shape index (κ1) is 11.8. The second-order valence-corrected chi connectivity index (χ2v) is 4.81. The number of phenols is 1. The number of hydrogen-bond acceptors (Lipinski definition) is 3. The standard InChI is InChI=1S/C14H14N2O3/c1-2-7-5-11-12(15-16-13(11)14(18)19)9-4-3-8(17)6-10(7)9/h3-4,6-7,17H,2,5H2,1H3,(H,15,16)(H,18,19). The molecule has 0 aliphatic heterocycles. The maximum Gasteiger partial charge on any atom is 0.354 e. The predicted octanol–water partition coefficient (Wildman–Crippen LogP) is 2.53. The van der Waals surface area contributed by atoms with Crippen LogP contribution in [0.4, 0.5) is 0 Å². The Hall–Kier alpha value is -2.30. The fourth-order valence-corrected chi connectivity index (χ4v) is 2.79. The zero-order valence-electron chi connectivity index (χ0n) is 10.5. The van der Waals surface area contributed by atoms with Crippen LogP contribution in [0.25, 0.3) is 11.3 Å². The fraction of sp³-hybridized carbons (Fsp3) is 0.286. The van der Waals surface area contributed by atoms with Gasteiger partial charge in [0.1, 0.15) is 11.4 Å². The molecule has 0 spiro atoms. The molecule has 0 fully saturated rings. The maximum atomic E-state index is 11.2. The number of aromatic carboxylic acids is 1. The van der Waals surface area contributed by atoms with Gasteiger partial charge in [0.15, 0.2) is 0 Å². The predicted molar refractivity (Wildman–Crippen MR) is 69.4 cm³/mol. The Labute approximate surface area is 109 Å². The number of carboxylic acid groups (broad SMARTS) is 1. The lowest BCUT2D eigenvalue weighted by atomic mass is 9.79. The number of carboxylic acids is 1. The van der Waals surface area contributed by atoms with Crippen LogP contribution < -0.4 is 0 Å². The Kier molecular flexibility index (Phi) is 2.55. The first-order chi connectivity index (χ1) is 9.11. The van der Waals surface area contributed by atoms with Gasteiger partial charge in [-0.05, 0) is 42.5 Å². The number of nitrogens with one attached hydrogen (secondary N) is 1. The van der Waals surface area contributed by atoms with E-state index < -0.39 is 5.97 Å². The van der Waals surface area contributed by atoms with Gasteiger partial charge in [-0.15, -0.1) is 0 Å². The topological polar surface area (TPSA) is 86.2 Å². The number of fused-ring (bicyclic) bond motifs is 3. The Bertz CT molecular complexity index is 661. The van der Waals surface area contributed by atoms with E-state index in [0.717, 1.165) is 23.1 Å². The molecule has 1 heterocycles. The van der Waals surface area contributed by atoms with Crippen LogP contribution in [0.2, 0.25) is 0 Å². The summed E-state index contributed by atoms with van der Waals surface area (Å²) in [7, 11) is 0. The lowest BCUT2D eigenvalue weighted by Gasteiger charge is -2.24. The van der Waals surface area contributed by atoms with Crippen molar-refractivity contribution >= 4 is 5.97 Å². The van der Waals surface area contributed by atoms with Crippen LogP contribution in [0.1, 0.15) is 40.9 Å². The summed E-state index contributed by atoms with van der Waals surface area (Å²) in [6.45, 7) is 2.06. The van der Waals surface area contributed by atoms with Gasteiger partial charge in [0, 0.05) is 11.1 Å². The number of nitrogens with zero attached hydrogens (tertiary/aromatic N) is 1. The molecule has 0 radical (unpaired) electrons. The first-order valence-corrected chi connectivity index (χ1v) is 6.25. The lowest BCUT2D eigenvalue weighted by Crippen LogP contribution is -2.12. The highest BCUT2D eigenvalue weighted by Crippen LogP contribution is 2.42. The Morgan fingerprint density at radius 1 is 1.53 bits per heavy atom. The molecule has 3 rings (SSSR count). The van der Waals surface area contributed by atoms with E-state index in [9.17, 15) is 9.90 Å². The summed E-state index contributed by atoms with van der Waals surface area (Å²) in [6, 6.07) is 5.16. The van der Waals surface area contributed by atoms with Crippen molar-refractivity contribution in [3.63, 3.8) is 0 Å². The molecule has 1 aliphatic carbocycles. The monoisotopic (exact) mass is 258 g/mol. The molecule has 0 bridgehead atoms. The van der Waals surface area contributed by atoms with Gasteiger partial charge in [-0.3, -0.25) is 5.10 Å². The number of H-pyrrole nitrogens is 1. The summed E-state index contributed by atoms with van der Waals surface area (Å²) >= 11 is 0. The van der Waals surface area contributed by atoms with Crippen LogP contribution in [-0.4, -0.2) is 26.4 Å². The third kappa shape index (κ3) is 1.69. The SMILES string of the molecule is CCC1Cc2c(n[nH]c2C(=O)O)-c2ccc(O)cc21. The quantitative estimate of drug-likeness (QED) is 0.772. The number of phenolic OH excluding ortho intramolecular Hbond substituents is 1. The summed E-state index contributed by atoms with van der Waals surface area (Å²) in [5.74, 6) is -0.536. The van der Waals surface area contributed by atoms with Gasteiger partial charge < -0.3 is 10.2 Å². The Morgan fingerprint density at radius 3 is 3.00 bits per heavy atom. The molecule has 1 unspecified atom stereocenters. The van der Waals surface area contributed by atoms with Gasteiger partial charge in [0.25, 0.3) is 0 Å². The molecule has 0 amide bonds. The smallest absolute Gasteiger partial charge is 0.354 e. The van der Waals surface area contributed by atoms with E-state index in [1.54, 1.807) is 18.2 Å². The minimum absolute atomic E-state index is 0.173. The van der Waals surface area contributed by atoms with Gasteiger partial charge >= 0.3 is 5.97 Å².